The van der Waals surface area contributed by atoms with Gasteiger partial charge >= 0.3 is 6.09 Å². The number of carbonyl (C=O) groups excluding carboxylic acids is 1. The molecule has 1 fully saturated rings. The number of amides is 1. The van der Waals surface area contributed by atoms with E-state index in [0.29, 0.717) is 6.61 Å². The summed E-state index contributed by atoms with van der Waals surface area (Å²) in [5, 5.41) is 6.12. The topological polar surface area (TPSA) is 59.6 Å². The van der Waals surface area contributed by atoms with Crippen LogP contribution in [0.25, 0.3) is 0 Å². The SMILES string of the molecule is COCC1(NC(=O)OC(C)(C)C)CCNC1.Cl. The molecule has 1 aliphatic heterocycles. The molecule has 102 valence electrons. The van der Waals surface area contributed by atoms with Gasteiger partial charge in [0, 0.05) is 13.7 Å². The molecule has 0 aromatic carbocycles. The number of hydrogen-bond acceptors (Lipinski definition) is 4. The minimum Gasteiger partial charge on any atom is -0.444 e. The number of rotatable bonds is 3. The Hall–Kier alpha value is -0.520. The van der Waals surface area contributed by atoms with Crippen LogP contribution in [0, 0.1) is 0 Å². The maximum atomic E-state index is 11.7. The Morgan fingerprint density at radius 1 is 1.47 bits per heavy atom. The van der Waals surface area contributed by atoms with Crippen molar-refractivity contribution in [2.24, 2.45) is 0 Å². The molecule has 1 unspecified atom stereocenters. The van der Waals surface area contributed by atoms with Gasteiger partial charge in [-0.1, -0.05) is 0 Å². The highest BCUT2D eigenvalue weighted by Gasteiger charge is 2.36. The van der Waals surface area contributed by atoms with Crippen LogP contribution >= 0.6 is 12.4 Å². The zero-order valence-corrected chi connectivity index (χ0v) is 11.8. The van der Waals surface area contributed by atoms with Gasteiger partial charge in [0.05, 0.1) is 12.1 Å². The van der Waals surface area contributed by atoms with E-state index >= 15 is 0 Å². The van der Waals surface area contributed by atoms with Crippen molar-refractivity contribution in [1.82, 2.24) is 10.6 Å². The summed E-state index contributed by atoms with van der Waals surface area (Å²) in [6, 6.07) is 0. The van der Waals surface area contributed by atoms with Gasteiger partial charge in [0.2, 0.25) is 0 Å². The van der Waals surface area contributed by atoms with Crippen molar-refractivity contribution in [2.75, 3.05) is 26.8 Å². The third kappa shape index (κ3) is 5.57. The van der Waals surface area contributed by atoms with Crippen molar-refractivity contribution in [2.45, 2.75) is 38.3 Å². The predicted octanol–water partition coefficient (Wildman–Crippen LogP) is 1.31. The smallest absolute Gasteiger partial charge is 0.408 e. The van der Waals surface area contributed by atoms with Crippen molar-refractivity contribution in [3.8, 4) is 0 Å². The summed E-state index contributed by atoms with van der Waals surface area (Å²) >= 11 is 0. The number of methoxy groups -OCH3 is 1. The molecule has 1 saturated heterocycles. The minimum atomic E-state index is -0.468. The highest BCUT2D eigenvalue weighted by Crippen LogP contribution is 2.16. The fraction of sp³-hybridized carbons (Fsp3) is 0.909. The van der Waals surface area contributed by atoms with E-state index in [-0.39, 0.29) is 24.0 Å². The highest BCUT2D eigenvalue weighted by atomic mass is 35.5. The average Bonchev–Trinajstić information content (AvgIpc) is 2.49. The quantitative estimate of drug-likeness (QED) is 0.809. The van der Waals surface area contributed by atoms with Crippen LogP contribution < -0.4 is 10.6 Å². The van der Waals surface area contributed by atoms with Crippen LogP contribution in [0.15, 0.2) is 0 Å². The molecule has 6 heteroatoms. The second-order valence-corrected chi connectivity index (χ2v) is 5.27. The summed E-state index contributed by atoms with van der Waals surface area (Å²) in [6.45, 7) is 7.66. The molecule has 1 atom stereocenters. The van der Waals surface area contributed by atoms with E-state index in [2.05, 4.69) is 10.6 Å². The summed E-state index contributed by atoms with van der Waals surface area (Å²) in [5.74, 6) is 0. The van der Waals surface area contributed by atoms with Crippen molar-refractivity contribution in [3.63, 3.8) is 0 Å². The normalized spacial score (nSPS) is 24.0. The molecule has 5 nitrogen and oxygen atoms in total. The number of nitrogens with one attached hydrogen (secondary N) is 2. The fourth-order valence-electron chi connectivity index (χ4n) is 1.81. The van der Waals surface area contributed by atoms with Gasteiger partial charge in [-0.05, 0) is 33.7 Å². The summed E-state index contributed by atoms with van der Waals surface area (Å²) < 4.78 is 10.4. The summed E-state index contributed by atoms with van der Waals surface area (Å²) in [5.41, 5.74) is -0.790. The molecule has 0 aromatic heterocycles. The Morgan fingerprint density at radius 3 is 2.53 bits per heavy atom. The van der Waals surface area contributed by atoms with Gasteiger partial charge in [-0.3, -0.25) is 0 Å². The third-order valence-electron chi connectivity index (χ3n) is 2.43. The number of ether oxygens (including phenoxy) is 2. The second kappa shape index (κ2) is 6.42. The lowest BCUT2D eigenvalue weighted by atomic mass is 10.0. The Bertz CT molecular complexity index is 248. The molecule has 1 aliphatic rings. The fourth-order valence-corrected chi connectivity index (χ4v) is 1.81. The van der Waals surface area contributed by atoms with Crippen molar-refractivity contribution < 1.29 is 14.3 Å². The average molecular weight is 267 g/mol. The van der Waals surface area contributed by atoms with Gasteiger partial charge in [0.15, 0.2) is 0 Å². The number of carbonyl (C=O) groups is 1. The maximum absolute atomic E-state index is 11.7. The molecule has 0 saturated carbocycles. The summed E-state index contributed by atoms with van der Waals surface area (Å²) in [7, 11) is 1.64. The first-order valence-corrected chi connectivity index (χ1v) is 5.58. The first-order valence-electron chi connectivity index (χ1n) is 5.58. The van der Waals surface area contributed by atoms with E-state index in [0.717, 1.165) is 19.5 Å². The summed E-state index contributed by atoms with van der Waals surface area (Å²) in [6.07, 6.45) is 0.480. The van der Waals surface area contributed by atoms with Crippen molar-refractivity contribution in [3.05, 3.63) is 0 Å². The largest absolute Gasteiger partial charge is 0.444 e. The molecule has 17 heavy (non-hydrogen) atoms. The molecular weight excluding hydrogens is 244 g/mol. The van der Waals surface area contributed by atoms with Crippen LogP contribution in [0.1, 0.15) is 27.2 Å². The Labute approximate surface area is 109 Å². The lowest BCUT2D eigenvalue weighted by Gasteiger charge is -2.30. The molecule has 1 amide bonds. The molecule has 1 rings (SSSR count). The van der Waals surface area contributed by atoms with Gasteiger partial charge in [-0.15, -0.1) is 12.4 Å². The van der Waals surface area contributed by atoms with E-state index in [1.807, 2.05) is 20.8 Å². The van der Waals surface area contributed by atoms with E-state index in [1.165, 1.54) is 0 Å². The highest BCUT2D eigenvalue weighted by molar-refractivity contribution is 5.85. The molecule has 0 bridgehead atoms. The second-order valence-electron chi connectivity index (χ2n) is 5.27. The van der Waals surface area contributed by atoms with Gasteiger partial charge in [0.1, 0.15) is 5.60 Å². The lowest BCUT2D eigenvalue weighted by molar-refractivity contribution is 0.0382. The van der Waals surface area contributed by atoms with Crippen LogP contribution in [0.4, 0.5) is 4.79 Å². The molecule has 0 radical (unpaired) electrons. The summed E-state index contributed by atoms with van der Waals surface area (Å²) in [4.78, 5) is 11.7. The molecule has 0 aliphatic carbocycles. The van der Waals surface area contributed by atoms with Gasteiger partial charge in [-0.25, -0.2) is 4.79 Å². The minimum absolute atomic E-state index is 0. The van der Waals surface area contributed by atoms with Crippen LogP contribution in [0.3, 0.4) is 0 Å². The van der Waals surface area contributed by atoms with E-state index in [1.54, 1.807) is 7.11 Å². The standard InChI is InChI=1S/C11H22N2O3.ClH/c1-10(2,3)16-9(14)13-11(8-15-4)5-6-12-7-11;/h12H,5-8H2,1-4H3,(H,13,14);1H. The number of hydrogen-bond donors (Lipinski definition) is 2. The van der Waals surface area contributed by atoms with Gasteiger partial charge in [0.25, 0.3) is 0 Å². The third-order valence-corrected chi connectivity index (χ3v) is 2.43. The van der Waals surface area contributed by atoms with Gasteiger partial charge in [-0.2, -0.15) is 0 Å². The van der Waals surface area contributed by atoms with E-state index in [9.17, 15) is 4.79 Å². The molecule has 1 heterocycles. The first-order chi connectivity index (χ1) is 7.37. The Balaban J connectivity index is 0.00000256. The predicted molar refractivity (Wildman–Crippen MR) is 68.7 cm³/mol. The van der Waals surface area contributed by atoms with Crippen LogP contribution in [-0.2, 0) is 9.47 Å². The van der Waals surface area contributed by atoms with Crippen molar-refractivity contribution in [1.29, 1.82) is 0 Å². The molecule has 0 aromatic rings. The van der Waals surface area contributed by atoms with Crippen LogP contribution in [-0.4, -0.2) is 44.0 Å². The number of halogens is 1. The maximum Gasteiger partial charge on any atom is 0.408 e. The molecular formula is C11H23ClN2O3. The van der Waals surface area contributed by atoms with Crippen LogP contribution in [0.5, 0.6) is 0 Å². The monoisotopic (exact) mass is 266 g/mol. The molecule has 2 N–H and O–H groups in total. The Kier molecular flexibility index (Phi) is 6.23. The zero-order valence-electron chi connectivity index (χ0n) is 11.0. The number of alkyl carbamates (subject to hydrolysis) is 1. The zero-order chi connectivity index (χ0) is 12.2. The Morgan fingerprint density at radius 2 is 2.12 bits per heavy atom. The van der Waals surface area contributed by atoms with E-state index in [4.69, 9.17) is 9.47 Å². The lowest BCUT2D eigenvalue weighted by Crippen LogP contribution is -2.54. The van der Waals surface area contributed by atoms with E-state index < -0.39 is 5.60 Å². The van der Waals surface area contributed by atoms with Crippen LogP contribution in [0.2, 0.25) is 0 Å². The molecule has 0 spiro atoms. The first kappa shape index (κ1) is 16.5. The van der Waals surface area contributed by atoms with Crippen molar-refractivity contribution >= 4 is 18.5 Å². The van der Waals surface area contributed by atoms with Gasteiger partial charge < -0.3 is 20.1 Å².